The zero-order chi connectivity index (χ0) is 14.8. The van der Waals surface area contributed by atoms with Crippen molar-refractivity contribution in [3.63, 3.8) is 0 Å². The minimum Gasteiger partial charge on any atom is -0.392 e. The maximum atomic E-state index is 12.3. The third-order valence-electron chi connectivity index (χ3n) is 3.33. The number of sulfonamides is 1. The molecule has 0 radical (unpaired) electrons. The largest absolute Gasteiger partial charge is 0.392 e. The highest BCUT2D eigenvalue weighted by Crippen LogP contribution is 2.20. The van der Waals surface area contributed by atoms with Crippen molar-refractivity contribution in [1.82, 2.24) is 9.62 Å². The average molecular weight is 298 g/mol. The number of benzene rings is 1. The summed E-state index contributed by atoms with van der Waals surface area (Å²) in [4.78, 5) is 0.260. The van der Waals surface area contributed by atoms with Crippen molar-refractivity contribution in [2.24, 2.45) is 0 Å². The van der Waals surface area contributed by atoms with E-state index in [1.807, 2.05) is 12.1 Å². The lowest BCUT2D eigenvalue weighted by Crippen LogP contribution is -2.33. The second-order valence-corrected chi connectivity index (χ2v) is 7.48. The Morgan fingerprint density at radius 3 is 2.45 bits per heavy atom. The Bertz CT molecular complexity index is 536. The third kappa shape index (κ3) is 4.02. The van der Waals surface area contributed by atoms with Crippen LogP contribution in [0, 0.1) is 0 Å². The van der Waals surface area contributed by atoms with E-state index in [1.54, 1.807) is 19.1 Å². The first-order valence-corrected chi connectivity index (χ1v) is 8.30. The molecule has 5 nitrogen and oxygen atoms in total. The van der Waals surface area contributed by atoms with Gasteiger partial charge in [-0.25, -0.2) is 8.42 Å². The Balaban J connectivity index is 2.03. The lowest BCUT2D eigenvalue weighted by Gasteiger charge is -2.18. The van der Waals surface area contributed by atoms with Gasteiger partial charge in [0.2, 0.25) is 10.0 Å². The Morgan fingerprint density at radius 1 is 1.35 bits per heavy atom. The van der Waals surface area contributed by atoms with Crippen LogP contribution in [0.2, 0.25) is 0 Å². The fourth-order valence-electron chi connectivity index (χ4n) is 1.98. The summed E-state index contributed by atoms with van der Waals surface area (Å²) in [5.74, 6) is 0. The van der Waals surface area contributed by atoms with E-state index >= 15 is 0 Å². The van der Waals surface area contributed by atoms with Crippen LogP contribution in [0.5, 0.6) is 0 Å². The first kappa shape index (κ1) is 15.4. The topological polar surface area (TPSA) is 69.6 Å². The van der Waals surface area contributed by atoms with Crippen molar-refractivity contribution in [3.05, 3.63) is 29.8 Å². The molecule has 2 rings (SSSR count). The Morgan fingerprint density at radius 2 is 1.95 bits per heavy atom. The van der Waals surface area contributed by atoms with E-state index < -0.39 is 16.1 Å². The van der Waals surface area contributed by atoms with Gasteiger partial charge in [-0.1, -0.05) is 12.1 Å². The SMILES string of the molecule is CC(O)CN(C)S(=O)(=O)c1ccc(CNC2CC2)cc1. The van der Waals surface area contributed by atoms with Crippen LogP contribution in [-0.2, 0) is 16.6 Å². The Kier molecular flexibility index (Phi) is 4.80. The van der Waals surface area contributed by atoms with E-state index in [0.29, 0.717) is 6.04 Å². The van der Waals surface area contributed by atoms with E-state index in [1.165, 1.54) is 24.2 Å². The maximum Gasteiger partial charge on any atom is 0.242 e. The van der Waals surface area contributed by atoms with Gasteiger partial charge in [-0.05, 0) is 37.5 Å². The summed E-state index contributed by atoms with van der Waals surface area (Å²) in [7, 11) is -2.04. The van der Waals surface area contributed by atoms with Gasteiger partial charge in [-0.3, -0.25) is 0 Å². The first-order valence-electron chi connectivity index (χ1n) is 6.86. The summed E-state index contributed by atoms with van der Waals surface area (Å²) < 4.78 is 25.7. The van der Waals surface area contributed by atoms with Gasteiger partial charge >= 0.3 is 0 Å². The smallest absolute Gasteiger partial charge is 0.242 e. The fourth-order valence-corrected chi connectivity index (χ4v) is 3.23. The van der Waals surface area contributed by atoms with Gasteiger partial charge < -0.3 is 10.4 Å². The van der Waals surface area contributed by atoms with Crippen LogP contribution in [0.4, 0.5) is 0 Å². The lowest BCUT2D eigenvalue weighted by atomic mass is 10.2. The number of nitrogens with zero attached hydrogens (tertiary/aromatic N) is 1. The molecule has 0 aromatic heterocycles. The molecule has 1 aliphatic rings. The van der Waals surface area contributed by atoms with Gasteiger partial charge in [0.25, 0.3) is 0 Å². The van der Waals surface area contributed by atoms with E-state index in [4.69, 9.17) is 0 Å². The number of likely N-dealkylation sites (N-methyl/N-ethyl adjacent to an activating group) is 1. The fraction of sp³-hybridized carbons (Fsp3) is 0.571. The van der Waals surface area contributed by atoms with E-state index in [9.17, 15) is 13.5 Å². The molecule has 2 N–H and O–H groups in total. The predicted octanol–water partition coefficient (Wildman–Crippen LogP) is 0.940. The van der Waals surface area contributed by atoms with Crippen molar-refractivity contribution in [2.75, 3.05) is 13.6 Å². The Labute approximate surface area is 120 Å². The quantitative estimate of drug-likeness (QED) is 0.786. The minimum absolute atomic E-state index is 0.0906. The van der Waals surface area contributed by atoms with Crippen LogP contribution in [0.25, 0.3) is 0 Å². The molecule has 1 saturated carbocycles. The summed E-state index contributed by atoms with van der Waals surface area (Å²) >= 11 is 0. The molecule has 1 atom stereocenters. The van der Waals surface area contributed by atoms with Gasteiger partial charge in [0.05, 0.1) is 11.0 Å². The first-order chi connectivity index (χ1) is 9.39. The molecule has 0 aliphatic heterocycles. The molecule has 1 fully saturated rings. The van der Waals surface area contributed by atoms with Crippen LogP contribution in [0.3, 0.4) is 0 Å². The molecule has 0 spiro atoms. The van der Waals surface area contributed by atoms with E-state index in [0.717, 1.165) is 12.1 Å². The van der Waals surface area contributed by atoms with Crippen molar-refractivity contribution in [3.8, 4) is 0 Å². The summed E-state index contributed by atoms with van der Waals surface area (Å²) in [6.07, 6.45) is 1.78. The summed E-state index contributed by atoms with van der Waals surface area (Å²) in [5.41, 5.74) is 1.08. The third-order valence-corrected chi connectivity index (χ3v) is 5.16. The standard InChI is InChI=1S/C14H22N2O3S/c1-11(17)10-16(2)20(18,19)14-7-3-12(4-8-14)9-15-13-5-6-13/h3-4,7-8,11,13,15,17H,5-6,9-10H2,1-2H3. The molecule has 1 unspecified atom stereocenters. The van der Waals surface area contributed by atoms with Gasteiger partial charge in [0.15, 0.2) is 0 Å². The molecular weight excluding hydrogens is 276 g/mol. The highest BCUT2D eigenvalue weighted by Gasteiger charge is 2.22. The van der Waals surface area contributed by atoms with Crippen LogP contribution >= 0.6 is 0 Å². The molecule has 1 aliphatic carbocycles. The maximum absolute atomic E-state index is 12.3. The van der Waals surface area contributed by atoms with Crippen LogP contribution in [-0.4, -0.2) is 43.6 Å². The lowest BCUT2D eigenvalue weighted by molar-refractivity contribution is 0.171. The highest BCUT2D eigenvalue weighted by molar-refractivity contribution is 7.89. The molecule has 0 bridgehead atoms. The van der Waals surface area contributed by atoms with Crippen LogP contribution < -0.4 is 5.32 Å². The van der Waals surface area contributed by atoms with Crippen molar-refractivity contribution < 1.29 is 13.5 Å². The van der Waals surface area contributed by atoms with Crippen LogP contribution in [0.15, 0.2) is 29.2 Å². The van der Waals surface area contributed by atoms with Crippen molar-refractivity contribution in [2.45, 2.75) is 43.4 Å². The van der Waals surface area contributed by atoms with Gasteiger partial charge in [0.1, 0.15) is 0 Å². The normalized spacial score (nSPS) is 17.4. The molecule has 20 heavy (non-hydrogen) atoms. The number of hydrogen-bond acceptors (Lipinski definition) is 4. The van der Waals surface area contributed by atoms with Gasteiger partial charge in [-0.15, -0.1) is 0 Å². The average Bonchev–Trinajstić information content (AvgIpc) is 3.20. The van der Waals surface area contributed by atoms with Crippen molar-refractivity contribution in [1.29, 1.82) is 0 Å². The van der Waals surface area contributed by atoms with Crippen molar-refractivity contribution >= 4 is 10.0 Å². The number of rotatable bonds is 7. The molecule has 0 saturated heterocycles. The molecular formula is C14H22N2O3S. The van der Waals surface area contributed by atoms with Crippen LogP contribution in [0.1, 0.15) is 25.3 Å². The predicted molar refractivity (Wildman–Crippen MR) is 77.8 cm³/mol. The minimum atomic E-state index is -3.52. The number of aliphatic hydroxyl groups excluding tert-OH is 1. The summed E-state index contributed by atoms with van der Waals surface area (Å²) in [6.45, 7) is 2.43. The molecule has 0 amide bonds. The Hall–Kier alpha value is -0.950. The van der Waals surface area contributed by atoms with Gasteiger partial charge in [0, 0.05) is 26.2 Å². The molecule has 6 heteroatoms. The number of hydrogen-bond donors (Lipinski definition) is 2. The number of aliphatic hydroxyl groups is 1. The molecule has 1 aromatic carbocycles. The summed E-state index contributed by atoms with van der Waals surface area (Å²) in [5, 5.41) is 12.7. The number of nitrogens with one attached hydrogen (secondary N) is 1. The zero-order valence-corrected chi connectivity index (χ0v) is 12.7. The zero-order valence-electron chi connectivity index (χ0n) is 11.9. The van der Waals surface area contributed by atoms with Gasteiger partial charge in [-0.2, -0.15) is 4.31 Å². The van der Waals surface area contributed by atoms with E-state index in [2.05, 4.69) is 5.32 Å². The second kappa shape index (κ2) is 6.22. The highest BCUT2D eigenvalue weighted by atomic mass is 32.2. The molecule has 0 heterocycles. The second-order valence-electron chi connectivity index (χ2n) is 5.43. The van der Waals surface area contributed by atoms with E-state index in [-0.39, 0.29) is 11.4 Å². The summed E-state index contributed by atoms with van der Waals surface area (Å²) in [6, 6.07) is 7.54. The molecule has 1 aromatic rings. The molecule has 112 valence electrons. The monoisotopic (exact) mass is 298 g/mol.